The SMILES string of the molecule is CC(=O)[C@H]1CC[C@@H]2[C@H]3CCc4ccc(F)cc4[C@@H]3[C@H]3C[C@@]12OC3=O. The lowest BCUT2D eigenvalue weighted by atomic mass is 9.55. The lowest BCUT2D eigenvalue weighted by Gasteiger charge is -2.47. The highest BCUT2D eigenvalue weighted by molar-refractivity contribution is 5.84. The first-order valence-electron chi connectivity index (χ1n) is 9.03. The molecular formula is C20H21FO3. The monoisotopic (exact) mass is 328 g/mol. The van der Waals surface area contributed by atoms with E-state index in [0.29, 0.717) is 12.3 Å². The molecule has 1 heterocycles. The van der Waals surface area contributed by atoms with Gasteiger partial charge in [-0.15, -0.1) is 0 Å². The molecule has 0 unspecified atom stereocenters. The van der Waals surface area contributed by atoms with E-state index in [1.165, 1.54) is 11.6 Å². The quantitative estimate of drug-likeness (QED) is 0.742. The van der Waals surface area contributed by atoms with Crippen molar-refractivity contribution in [2.24, 2.45) is 23.7 Å². The summed E-state index contributed by atoms with van der Waals surface area (Å²) >= 11 is 0. The topological polar surface area (TPSA) is 43.4 Å². The van der Waals surface area contributed by atoms with Crippen molar-refractivity contribution in [3.8, 4) is 0 Å². The van der Waals surface area contributed by atoms with Gasteiger partial charge in [-0.1, -0.05) is 6.07 Å². The summed E-state index contributed by atoms with van der Waals surface area (Å²) in [4.78, 5) is 24.8. The highest BCUT2D eigenvalue weighted by Crippen LogP contribution is 2.65. The fourth-order valence-corrected chi connectivity index (χ4v) is 6.47. The number of hydrogen-bond acceptors (Lipinski definition) is 3. The van der Waals surface area contributed by atoms with Crippen molar-refractivity contribution in [3.05, 3.63) is 35.1 Å². The van der Waals surface area contributed by atoms with Crippen LogP contribution in [0.15, 0.2) is 18.2 Å². The number of carbonyl (C=O) groups is 2. The Labute approximate surface area is 140 Å². The number of ether oxygens (including phenoxy) is 1. The first kappa shape index (κ1) is 14.6. The van der Waals surface area contributed by atoms with E-state index in [4.69, 9.17) is 4.74 Å². The van der Waals surface area contributed by atoms with Gasteiger partial charge in [0.05, 0.1) is 11.8 Å². The molecule has 1 saturated heterocycles. The van der Waals surface area contributed by atoms with Gasteiger partial charge >= 0.3 is 5.97 Å². The molecule has 2 bridgehead atoms. The van der Waals surface area contributed by atoms with Gasteiger partial charge in [0, 0.05) is 18.3 Å². The van der Waals surface area contributed by atoms with E-state index in [-0.39, 0.29) is 41.2 Å². The number of benzene rings is 1. The van der Waals surface area contributed by atoms with E-state index in [1.807, 2.05) is 6.07 Å². The molecule has 1 aromatic carbocycles. The third kappa shape index (κ3) is 1.67. The highest BCUT2D eigenvalue weighted by Gasteiger charge is 2.68. The van der Waals surface area contributed by atoms with Crippen molar-refractivity contribution in [1.82, 2.24) is 0 Å². The van der Waals surface area contributed by atoms with Gasteiger partial charge in [0.1, 0.15) is 17.2 Å². The van der Waals surface area contributed by atoms with Gasteiger partial charge in [0.2, 0.25) is 0 Å². The molecule has 0 N–H and O–H groups in total. The molecule has 3 aliphatic carbocycles. The van der Waals surface area contributed by atoms with Crippen LogP contribution in [0.5, 0.6) is 0 Å². The van der Waals surface area contributed by atoms with Crippen LogP contribution in [0.1, 0.15) is 49.7 Å². The maximum atomic E-state index is 13.9. The van der Waals surface area contributed by atoms with Crippen LogP contribution < -0.4 is 0 Å². The molecule has 126 valence electrons. The van der Waals surface area contributed by atoms with E-state index >= 15 is 0 Å². The van der Waals surface area contributed by atoms with Crippen LogP contribution in [0, 0.1) is 29.5 Å². The molecule has 3 fully saturated rings. The average Bonchev–Trinajstić information content (AvgIpc) is 3.05. The smallest absolute Gasteiger partial charge is 0.310 e. The molecule has 5 rings (SSSR count). The van der Waals surface area contributed by atoms with E-state index in [9.17, 15) is 14.0 Å². The predicted molar refractivity (Wildman–Crippen MR) is 84.8 cm³/mol. The Morgan fingerprint density at radius 1 is 1.29 bits per heavy atom. The van der Waals surface area contributed by atoms with Crippen LogP contribution >= 0.6 is 0 Å². The van der Waals surface area contributed by atoms with E-state index < -0.39 is 5.60 Å². The maximum Gasteiger partial charge on any atom is 0.310 e. The summed E-state index contributed by atoms with van der Waals surface area (Å²) in [5.41, 5.74) is 1.61. The lowest BCUT2D eigenvalue weighted by molar-refractivity contribution is -0.158. The molecular weight excluding hydrogens is 307 g/mol. The summed E-state index contributed by atoms with van der Waals surface area (Å²) in [5, 5.41) is 0. The van der Waals surface area contributed by atoms with Crippen LogP contribution in [-0.4, -0.2) is 17.4 Å². The molecule has 0 radical (unpaired) electrons. The van der Waals surface area contributed by atoms with E-state index in [1.54, 1.807) is 13.0 Å². The minimum Gasteiger partial charge on any atom is -0.458 e. The minimum absolute atomic E-state index is 0.0586. The fraction of sp³-hybridized carbons (Fsp3) is 0.600. The van der Waals surface area contributed by atoms with Crippen LogP contribution in [0.3, 0.4) is 0 Å². The second-order valence-corrected chi connectivity index (χ2v) is 8.11. The highest BCUT2D eigenvalue weighted by atomic mass is 19.1. The third-order valence-electron chi connectivity index (χ3n) is 7.23. The van der Waals surface area contributed by atoms with Gasteiger partial charge < -0.3 is 4.74 Å². The zero-order valence-electron chi connectivity index (χ0n) is 13.8. The minimum atomic E-state index is -0.570. The molecule has 2 saturated carbocycles. The molecule has 0 amide bonds. The van der Waals surface area contributed by atoms with Gasteiger partial charge in [-0.25, -0.2) is 4.39 Å². The van der Waals surface area contributed by atoms with Crippen LogP contribution in [0.2, 0.25) is 0 Å². The largest absolute Gasteiger partial charge is 0.458 e. The van der Waals surface area contributed by atoms with Gasteiger partial charge in [0.25, 0.3) is 0 Å². The van der Waals surface area contributed by atoms with Gasteiger partial charge in [-0.05, 0) is 61.8 Å². The van der Waals surface area contributed by atoms with Crippen molar-refractivity contribution in [2.75, 3.05) is 0 Å². The number of ketones is 1. The Balaban J connectivity index is 1.64. The Bertz CT molecular complexity index is 757. The molecule has 24 heavy (non-hydrogen) atoms. The first-order chi connectivity index (χ1) is 11.5. The van der Waals surface area contributed by atoms with Crippen molar-refractivity contribution in [3.63, 3.8) is 0 Å². The molecule has 1 spiro atoms. The number of hydrogen-bond donors (Lipinski definition) is 0. The molecule has 4 aliphatic rings. The molecule has 0 aromatic heterocycles. The fourth-order valence-electron chi connectivity index (χ4n) is 6.47. The molecule has 4 heteroatoms. The Morgan fingerprint density at radius 3 is 2.92 bits per heavy atom. The Morgan fingerprint density at radius 2 is 2.12 bits per heavy atom. The average molecular weight is 328 g/mol. The van der Waals surface area contributed by atoms with Crippen molar-refractivity contribution in [1.29, 1.82) is 0 Å². The maximum absolute atomic E-state index is 13.9. The Hall–Kier alpha value is -1.71. The number of fused-ring (bicyclic) bond motifs is 6. The Kier molecular flexibility index (Phi) is 2.85. The summed E-state index contributed by atoms with van der Waals surface area (Å²) in [6.07, 6.45) is 4.33. The summed E-state index contributed by atoms with van der Waals surface area (Å²) in [6.45, 7) is 1.63. The second kappa shape index (κ2) is 4.68. The number of esters is 1. The van der Waals surface area contributed by atoms with Gasteiger partial charge in [-0.3, -0.25) is 9.59 Å². The lowest BCUT2D eigenvalue weighted by Crippen LogP contribution is -2.50. The number of Topliss-reactive ketones (excluding diaryl/α,β-unsaturated/α-hetero) is 1. The normalized spacial score (nSPS) is 42.1. The zero-order valence-corrected chi connectivity index (χ0v) is 13.8. The molecule has 6 atom stereocenters. The summed E-state index contributed by atoms with van der Waals surface area (Å²) < 4.78 is 19.8. The first-order valence-corrected chi connectivity index (χ1v) is 9.03. The van der Waals surface area contributed by atoms with Gasteiger partial charge in [0.15, 0.2) is 0 Å². The summed E-state index contributed by atoms with van der Waals surface area (Å²) in [7, 11) is 0. The zero-order chi connectivity index (χ0) is 16.6. The van der Waals surface area contributed by atoms with Crippen molar-refractivity contribution in [2.45, 2.75) is 50.5 Å². The number of rotatable bonds is 1. The third-order valence-corrected chi connectivity index (χ3v) is 7.23. The number of halogens is 1. The van der Waals surface area contributed by atoms with Crippen molar-refractivity contribution >= 4 is 11.8 Å². The van der Waals surface area contributed by atoms with E-state index in [0.717, 1.165) is 31.2 Å². The molecule has 1 aromatic rings. The number of carbonyl (C=O) groups excluding carboxylic acids is 2. The van der Waals surface area contributed by atoms with Crippen LogP contribution in [0.4, 0.5) is 4.39 Å². The predicted octanol–water partition coefficient (Wildman–Crippen LogP) is 3.40. The van der Waals surface area contributed by atoms with Crippen LogP contribution in [0.25, 0.3) is 0 Å². The van der Waals surface area contributed by atoms with Crippen LogP contribution in [-0.2, 0) is 20.7 Å². The van der Waals surface area contributed by atoms with E-state index in [2.05, 4.69) is 0 Å². The standard InChI is InChI=1S/C20H21FO3/c1-10(22)16-6-7-17-13-5-3-11-2-4-12(21)8-14(11)18(13)15-9-20(16,17)24-19(15)23/h2,4,8,13,15-18H,3,5-7,9H2,1H3/t13-,15-,16-,17-,18-,20-/m1/s1. The summed E-state index contributed by atoms with van der Waals surface area (Å²) in [6, 6.07) is 5.01. The second-order valence-electron chi connectivity index (χ2n) is 8.11. The molecule has 3 nitrogen and oxygen atoms in total. The summed E-state index contributed by atoms with van der Waals surface area (Å²) in [5.74, 6) is 0.0149. The molecule has 1 aliphatic heterocycles. The van der Waals surface area contributed by atoms with Crippen molar-refractivity contribution < 1.29 is 18.7 Å². The van der Waals surface area contributed by atoms with Gasteiger partial charge in [-0.2, -0.15) is 0 Å². The number of aryl methyl sites for hydroxylation is 1.